The third-order valence-corrected chi connectivity index (χ3v) is 4.12. The number of pyridine rings is 1. The Bertz CT molecular complexity index is 1050. The Morgan fingerprint density at radius 2 is 1.71 bits per heavy atom. The molecule has 0 radical (unpaired) electrons. The molecule has 0 fully saturated rings. The van der Waals surface area contributed by atoms with Crippen molar-refractivity contribution in [3.63, 3.8) is 0 Å². The van der Waals surface area contributed by atoms with Crippen molar-refractivity contribution in [1.29, 1.82) is 0 Å². The number of alkyl halides is 3. The maximum Gasteiger partial charge on any atom is 0.416 e. The second-order valence-corrected chi connectivity index (χ2v) is 6.53. The minimum absolute atomic E-state index is 0.220. The summed E-state index contributed by atoms with van der Waals surface area (Å²) in [6.45, 7) is 1.21. The van der Waals surface area contributed by atoms with E-state index in [0.29, 0.717) is 11.3 Å². The average molecular weight is 429 g/mol. The molecule has 3 aromatic rings. The van der Waals surface area contributed by atoms with Crippen LogP contribution in [0.2, 0.25) is 0 Å². The molecule has 0 spiro atoms. The molecule has 2 aromatic carbocycles. The fraction of sp³-hybridized carbons (Fsp3) is 0.136. The first-order valence-corrected chi connectivity index (χ1v) is 9.16. The SMILES string of the molecule is CC(=O)OC(C(=O)Nc1ccc(Nc2cccc(C(F)(F)F)c2)nc1)c1ccccc1. The normalized spacial score (nSPS) is 12.0. The highest BCUT2D eigenvalue weighted by molar-refractivity contribution is 5.95. The number of nitrogens with one attached hydrogen (secondary N) is 2. The van der Waals surface area contributed by atoms with Crippen LogP contribution < -0.4 is 10.6 Å². The molecule has 160 valence electrons. The molecule has 1 amide bonds. The van der Waals surface area contributed by atoms with Crippen LogP contribution in [0.15, 0.2) is 72.9 Å². The van der Waals surface area contributed by atoms with Crippen LogP contribution in [0.5, 0.6) is 0 Å². The van der Waals surface area contributed by atoms with E-state index < -0.39 is 29.7 Å². The highest BCUT2D eigenvalue weighted by Gasteiger charge is 2.30. The summed E-state index contributed by atoms with van der Waals surface area (Å²) < 4.78 is 43.6. The van der Waals surface area contributed by atoms with E-state index in [4.69, 9.17) is 4.74 Å². The summed E-state index contributed by atoms with van der Waals surface area (Å²) in [7, 11) is 0. The van der Waals surface area contributed by atoms with Gasteiger partial charge < -0.3 is 15.4 Å². The van der Waals surface area contributed by atoms with Crippen molar-refractivity contribution in [2.24, 2.45) is 0 Å². The molecule has 0 aliphatic heterocycles. The smallest absolute Gasteiger partial charge is 0.416 e. The number of hydrogen-bond acceptors (Lipinski definition) is 5. The lowest BCUT2D eigenvalue weighted by atomic mass is 10.1. The van der Waals surface area contributed by atoms with Gasteiger partial charge in [-0.25, -0.2) is 4.98 Å². The monoisotopic (exact) mass is 429 g/mol. The number of hydrogen-bond donors (Lipinski definition) is 2. The predicted octanol–water partition coefficient (Wildman–Crippen LogP) is 5.09. The molecule has 1 unspecified atom stereocenters. The average Bonchev–Trinajstić information content (AvgIpc) is 2.73. The number of esters is 1. The standard InChI is InChI=1S/C22H18F3N3O3/c1-14(29)31-20(15-6-3-2-4-7-15)21(30)28-18-10-11-19(26-13-18)27-17-9-5-8-16(12-17)22(23,24)25/h2-13,20H,1H3,(H,26,27)(H,28,30). The topological polar surface area (TPSA) is 80.3 Å². The molecule has 9 heteroatoms. The molecule has 1 heterocycles. The van der Waals surface area contributed by atoms with E-state index in [2.05, 4.69) is 15.6 Å². The first-order valence-electron chi connectivity index (χ1n) is 9.16. The zero-order valence-electron chi connectivity index (χ0n) is 16.3. The maximum absolute atomic E-state index is 12.8. The van der Waals surface area contributed by atoms with Crippen LogP contribution in [0.4, 0.5) is 30.4 Å². The van der Waals surface area contributed by atoms with Gasteiger partial charge >= 0.3 is 12.1 Å². The quantitative estimate of drug-likeness (QED) is 0.534. The third-order valence-electron chi connectivity index (χ3n) is 4.12. The van der Waals surface area contributed by atoms with Gasteiger partial charge in [-0.2, -0.15) is 13.2 Å². The number of ether oxygens (including phenoxy) is 1. The van der Waals surface area contributed by atoms with Gasteiger partial charge in [-0.15, -0.1) is 0 Å². The van der Waals surface area contributed by atoms with Gasteiger partial charge in [0.05, 0.1) is 17.4 Å². The summed E-state index contributed by atoms with van der Waals surface area (Å²) in [6, 6.07) is 16.3. The van der Waals surface area contributed by atoms with Crippen molar-refractivity contribution in [2.75, 3.05) is 10.6 Å². The number of amides is 1. The van der Waals surface area contributed by atoms with Crippen LogP contribution in [0.3, 0.4) is 0 Å². The maximum atomic E-state index is 12.8. The molecule has 0 saturated heterocycles. The van der Waals surface area contributed by atoms with E-state index in [1.165, 1.54) is 37.4 Å². The molecule has 1 aromatic heterocycles. The number of aromatic nitrogens is 1. The Kier molecular flexibility index (Phi) is 6.54. The van der Waals surface area contributed by atoms with Crippen LogP contribution in [0.1, 0.15) is 24.2 Å². The second-order valence-electron chi connectivity index (χ2n) is 6.53. The summed E-state index contributed by atoms with van der Waals surface area (Å²) in [4.78, 5) is 28.1. The summed E-state index contributed by atoms with van der Waals surface area (Å²) in [5, 5.41) is 5.39. The van der Waals surface area contributed by atoms with Crippen LogP contribution in [0, 0.1) is 0 Å². The van der Waals surface area contributed by atoms with Gasteiger partial charge in [0, 0.05) is 18.2 Å². The van der Waals surface area contributed by atoms with Crippen molar-refractivity contribution >= 4 is 29.1 Å². The van der Waals surface area contributed by atoms with E-state index in [9.17, 15) is 22.8 Å². The second kappa shape index (κ2) is 9.29. The van der Waals surface area contributed by atoms with Gasteiger partial charge in [0.15, 0.2) is 0 Å². The first-order chi connectivity index (χ1) is 14.7. The Balaban J connectivity index is 1.70. The Hall–Kier alpha value is -3.88. The minimum atomic E-state index is -4.45. The van der Waals surface area contributed by atoms with Gasteiger partial charge in [0.1, 0.15) is 5.82 Å². The molecule has 0 aliphatic rings. The fourth-order valence-corrected chi connectivity index (χ4v) is 2.74. The first kappa shape index (κ1) is 21.8. The summed E-state index contributed by atoms with van der Waals surface area (Å²) in [5.74, 6) is -0.888. The van der Waals surface area contributed by atoms with Gasteiger partial charge in [0.25, 0.3) is 5.91 Å². The number of halogens is 3. The highest BCUT2D eigenvalue weighted by Crippen LogP contribution is 2.31. The number of nitrogens with zero attached hydrogens (tertiary/aromatic N) is 1. The molecule has 0 saturated carbocycles. The predicted molar refractivity (Wildman–Crippen MR) is 109 cm³/mol. The van der Waals surface area contributed by atoms with Crippen LogP contribution in [-0.2, 0) is 20.5 Å². The van der Waals surface area contributed by atoms with Crippen LogP contribution in [0.25, 0.3) is 0 Å². The number of anilines is 3. The Morgan fingerprint density at radius 3 is 2.32 bits per heavy atom. The zero-order valence-corrected chi connectivity index (χ0v) is 16.3. The number of rotatable bonds is 6. The minimum Gasteiger partial charge on any atom is -0.447 e. The van der Waals surface area contributed by atoms with Crippen LogP contribution >= 0.6 is 0 Å². The van der Waals surface area contributed by atoms with Crippen molar-refractivity contribution in [3.8, 4) is 0 Å². The lowest BCUT2D eigenvalue weighted by molar-refractivity contribution is -0.152. The Labute approximate surface area is 176 Å². The molecular weight excluding hydrogens is 411 g/mol. The number of benzene rings is 2. The van der Waals surface area contributed by atoms with E-state index >= 15 is 0 Å². The molecule has 6 nitrogen and oxygen atoms in total. The fourth-order valence-electron chi connectivity index (χ4n) is 2.74. The molecule has 0 aliphatic carbocycles. The van der Waals surface area contributed by atoms with Crippen molar-refractivity contribution in [1.82, 2.24) is 4.98 Å². The Morgan fingerprint density at radius 1 is 0.968 bits per heavy atom. The highest BCUT2D eigenvalue weighted by atomic mass is 19.4. The van der Waals surface area contributed by atoms with Gasteiger partial charge in [-0.1, -0.05) is 36.4 Å². The summed E-state index contributed by atoms with van der Waals surface area (Å²) >= 11 is 0. The number of carbonyl (C=O) groups excluding carboxylic acids is 2. The van der Waals surface area contributed by atoms with Crippen molar-refractivity contribution in [3.05, 3.63) is 84.1 Å². The van der Waals surface area contributed by atoms with Gasteiger partial charge in [-0.05, 0) is 30.3 Å². The molecule has 31 heavy (non-hydrogen) atoms. The van der Waals surface area contributed by atoms with E-state index in [-0.39, 0.29) is 11.5 Å². The lowest BCUT2D eigenvalue weighted by Gasteiger charge is -2.17. The third kappa shape index (κ3) is 6.05. The lowest BCUT2D eigenvalue weighted by Crippen LogP contribution is -2.25. The molecule has 3 rings (SSSR count). The van der Waals surface area contributed by atoms with Crippen molar-refractivity contribution in [2.45, 2.75) is 19.2 Å². The van der Waals surface area contributed by atoms with Gasteiger partial charge in [0.2, 0.25) is 6.10 Å². The summed E-state index contributed by atoms with van der Waals surface area (Å²) in [6.07, 6.45) is -4.25. The van der Waals surface area contributed by atoms with E-state index in [0.717, 1.165) is 12.1 Å². The van der Waals surface area contributed by atoms with E-state index in [1.807, 2.05) is 0 Å². The molecular formula is C22H18F3N3O3. The number of carbonyl (C=O) groups is 2. The zero-order chi connectivity index (χ0) is 22.4. The molecule has 1 atom stereocenters. The largest absolute Gasteiger partial charge is 0.447 e. The van der Waals surface area contributed by atoms with Crippen molar-refractivity contribution < 1.29 is 27.5 Å². The van der Waals surface area contributed by atoms with Crippen LogP contribution in [-0.4, -0.2) is 16.9 Å². The molecule has 0 bridgehead atoms. The molecule has 2 N–H and O–H groups in total. The van der Waals surface area contributed by atoms with E-state index in [1.54, 1.807) is 30.3 Å². The summed E-state index contributed by atoms with van der Waals surface area (Å²) in [5.41, 5.74) is 0.274. The van der Waals surface area contributed by atoms with Gasteiger partial charge in [-0.3, -0.25) is 9.59 Å².